The van der Waals surface area contributed by atoms with E-state index in [1.165, 1.54) is 6.33 Å². The molecule has 1 N–H and O–H groups in total. The molecule has 2 aromatic carbocycles. The van der Waals surface area contributed by atoms with E-state index in [0.29, 0.717) is 28.9 Å². The Labute approximate surface area is 214 Å². The maximum Gasteiger partial charge on any atom is 0.226 e. The molecule has 3 aromatic heterocycles. The van der Waals surface area contributed by atoms with Gasteiger partial charge >= 0.3 is 0 Å². The van der Waals surface area contributed by atoms with E-state index in [1.54, 1.807) is 19.6 Å². The number of benzene rings is 2. The van der Waals surface area contributed by atoms with Gasteiger partial charge in [0.15, 0.2) is 5.82 Å². The van der Waals surface area contributed by atoms with E-state index in [4.69, 9.17) is 14.5 Å². The third-order valence-electron chi connectivity index (χ3n) is 6.79. The number of imidazole rings is 1. The number of methoxy groups -OCH3 is 1. The molecule has 1 aliphatic heterocycles. The second-order valence-corrected chi connectivity index (χ2v) is 9.26. The molecule has 0 unspecified atom stereocenters. The molecule has 0 radical (unpaired) electrons. The first-order chi connectivity index (χ1) is 18.1. The smallest absolute Gasteiger partial charge is 0.226 e. The van der Waals surface area contributed by atoms with Gasteiger partial charge in [0.2, 0.25) is 5.95 Å². The topological polar surface area (TPSA) is 103 Å². The Bertz CT molecular complexity index is 1580. The molecular weight excluding hydrogens is 468 g/mol. The Morgan fingerprint density at radius 1 is 0.973 bits per heavy atom. The lowest BCUT2D eigenvalue weighted by molar-refractivity contribution is 0.0817. The highest BCUT2D eigenvalue weighted by Gasteiger charge is 2.21. The summed E-state index contributed by atoms with van der Waals surface area (Å²) in [6, 6.07) is 11.9. The van der Waals surface area contributed by atoms with Crippen molar-refractivity contribution in [2.24, 2.45) is 7.05 Å². The monoisotopic (exact) mass is 496 g/mol. The summed E-state index contributed by atoms with van der Waals surface area (Å²) in [6.07, 6.45) is 7.29. The van der Waals surface area contributed by atoms with Gasteiger partial charge in [0.25, 0.3) is 0 Å². The molecule has 0 spiro atoms. The first kappa shape index (κ1) is 23.1. The fraction of sp³-hybridized carbons (Fsp3) is 0.296. The van der Waals surface area contributed by atoms with Crippen molar-refractivity contribution in [2.45, 2.75) is 25.9 Å². The maximum absolute atomic E-state index is 6.16. The SMILES string of the molecule is COC1CCN(c2ncc3ncnc(Nc4ccc(Oc5ccc6c(c5)ncn6C)c(C)c4)c3n2)CC1. The molecule has 1 aliphatic rings. The van der Waals surface area contributed by atoms with E-state index >= 15 is 0 Å². The molecule has 0 aliphatic carbocycles. The Hall–Kier alpha value is -4.31. The fourth-order valence-corrected chi connectivity index (χ4v) is 4.66. The third kappa shape index (κ3) is 4.63. The van der Waals surface area contributed by atoms with Crippen LogP contribution < -0.4 is 15.0 Å². The summed E-state index contributed by atoms with van der Waals surface area (Å²) < 4.78 is 13.6. The summed E-state index contributed by atoms with van der Waals surface area (Å²) in [4.78, 5) is 24.8. The van der Waals surface area contributed by atoms with E-state index in [-0.39, 0.29) is 0 Å². The lowest BCUT2D eigenvalue weighted by Crippen LogP contribution is -2.37. The van der Waals surface area contributed by atoms with Gasteiger partial charge < -0.3 is 24.3 Å². The Balaban J connectivity index is 1.22. The maximum atomic E-state index is 6.16. The molecule has 0 bridgehead atoms. The van der Waals surface area contributed by atoms with E-state index in [1.807, 2.05) is 54.9 Å². The second kappa shape index (κ2) is 9.62. The lowest BCUT2D eigenvalue weighted by atomic mass is 10.1. The number of hydrogen-bond acceptors (Lipinski definition) is 9. The molecule has 188 valence electrons. The van der Waals surface area contributed by atoms with Gasteiger partial charge in [-0.15, -0.1) is 0 Å². The van der Waals surface area contributed by atoms with Gasteiger partial charge in [0.05, 0.1) is 29.7 Å². The molecule has 10 heteroatoms. The first-order valence-corrected chi connectivity index (χ1v) is 12.3. The summed E-state index contributed by atoms with van der Waals surface area (Å²) >= 11 is 0. The minimum absolute atomic E-state index is 0.297. The molecule has 5 aromatic rings. The molecule has 1 fully saturated rings. The zero-order valence-electron chi connectivity index (χ0n) is 21.0. The van der Waals surface area contributed by atoms with Gasteiger partial charge in [-0.25, -0.2) is 24.9 Å². The van der Waals surface area contributed by atoms with Gasteiger partial charge in [-0.2, -0.15) is 0 Å². The highest BCUT2D eigenvalue weighted by molar-refractivity contribution is 5.87. The second-order valence-electron chi connectivity index (χ2n) is 9.26. The highest BCUT2D eigenvalue weighted by atomic mass is 16.5. The van der Waals surface area contributed by atoms with Crippen LogP contribution in [0.15, 0.2) is 55.2 Å². The van der Waals surface area contributed by atoms with Gasteiger partial charge in [-0.3, -0.25) is 0 Å². The third-order valence-corrected chi connectivity index (χ3v) is 6.79. The average molecular weight is 497 g/mol. The molecule has 37 heavy (non-hydrogen) atoms. The van der Waals surface area contributed by atoms with Crippen LogP contribution in [0.3, 0.4) is 0 Å². The van der Waals surface area contributed by atoms with Gasteiger partial charge in [0.1, 0.15) is 28.9 Å². The number of rotatable bonds is 6. The number of nitrogens with zero attached hydrogens (tertiary/aromatic N) is 7. The van der Waals surface area contributed by atoms with Crippen LogP contribution in [-0.4, -0.2) is 55.8 Å². The normalized spacial score (nSPS) is 14.4. The Kier molecular flexibility index (Phi) is 6.01. The average Bonchev–Trinajstić information content (AvgIpc) is 3.30. The minimum atomic E-state index is 0.297. The molecule has 4 heterocycles. The molecular formula is C27H28N8O2. The van der Waals surface area contributed by atoms with Crippen molar-refractivity contribution in [1.82, 2.24) is 29.5 Å². The van der Waals surface area contributed by atoms with Gasteiger partial charge in [-0.1, -0.05) is 0 Å². The molecule has 1 saturated heterocycles. The largest absolute Gasteiger partial charge is 0.457 e. The van der Waals surface area contributed by atoms with Crippen LogP contribution >= 0.6 is 0 Å². The lowest BCUT2D eigenvalue weighted by Gasteiger charge is -2.31. The van der Waals surface area contributed by atoms with Crippen LogP contribution in [0.4, 0.5) is 17.5 Å². The van der Waals surface area contributed by atoms with Crippen LogP contribution in [0.5, 0.6) is 11.5 Å². The van der Waals surface area contributed by atoms with Crippen LogP contribution in [-0.2, 0) is 11.8 Å². The van der Waals surface area contributed by atoms with Crippen molar-refractivity contribution in [3.05, 3.63) is 60.8 Å². The zero-order chi connectivity index (χ0) is 25.4. The molecule has 0 saturated carbocycles. The number of hydrogen-bond donors (Lipinski definition) is 1. The Morgan fingerprint density at radius 3 is 2.65 bits per heavy atom. The zero-order valence-corrected chi connectivity index (χ0v) is 21.0. The summed E-state index contributed by atoms with van der Waals surface area (Å²) in [7, 11) is 3.74. The molecule has 0 atom stereocenters. The standard InChI is InChI=1S/C27H28N8O2/c1-17-12-18(4-7-24(17)37-20-5-6-23-21(13-20)31-16-34(23)2)32-26-25-22(29-15-30-26)14-28-27(33-25)35-10-8-19(36-3)9-11-35/h4-7,12-16,19H,8-11H2,1-3H3,(H,29,30,32). The number of ether oxygens (including phenoxy) is 2. The van der Waals surface area contributed by atoms with E-state index in [2.05, 4.69) is 30.2 Å². The number of anilines is 3. The van der Waals surface area contributed by atoms with Crippen molar-refractivity contribution in [1.29, 1.82) is 0 Å². The number of aryl methyl sites for hydroxylation is 2. The van der Waals surface area contributed by atoms with E-state index in [9.17, 15) is 0 Å². The van der Waals surface area contributed by atoms with Crippen molar-refractivity contribution >= 4 is 39.5 Å². The molecule has 10 nitrogen and oxygen atoms in total. The first-order valence-electron chi connectivity index (χ1n) is 12.3. The van der Waals surface area contributed by atoms with Crippen molar-refractivity contribution in [2.75, 3.05) is 30.4 Å². The highest BCUT2D eigenvalue weighted by Crippen LogP contribution is 2.31. The summed E-state index contributed by atoms with van der Waals surface area (Å²) in [5.41, 5.74) is 5.20. The number of aromatic nitrogens is 6. The summed E-state index contributed by atoms with van der Waals surface area (Å²) in [5.74, 6) is 2.84. The quantitative estimate of drug-likeness (QED) is 0.356. The Morgan fingerprint density at radius 2 is 1.84 bits per heavy atom. The summed E-state index contributed by atoms with van der Waals surface area (Å²) in [5, 5.41) is 3.40. The number of fused-ring (bicyclic) bond motifs is 2. The van der Waals surface area contributed by atoms with Crippen LogP contribution in [0, 0.1) is 6.92 Å². The van der Waals surface area contributed by atoms with Crippen molar-refractivity contribution < 1.29 is 9.47 Å². The minimum Gasteiger partial charge on any atom is -0.457 e. The van der Waals surface area contributed by atoms with E-state index < -0.39 is 0 Å². The summed E-state index contributed by atoms with van der Waals surface area (Å²) in [6.45, 7) is 3.73. The van der Waals surface area contributed by atoms with Crippen LogP contribution in [0.2, 0.25) is 0 Å². The van der Waals surface area contributed by atoms with Gasteiger partial charge in [-0.05, 0) is 55.7 Å². The van der Waals surface area contributed by atoms with E-state index in [0.717, 1.165) is 59.7 Å². The fourth-order valence-electron chi connectivity index (χ4n) is 4.66. The predicted molar refractivity (Wildman–Crippen MR) is 143 cm³/mol. The molecule has 0 amide bonds. The number of nitrogens with one attached hydrogen (secondary N) is 1. The number of piperidine rings is 1. The van der Waals surface area contributed by atoms with Crippen LogP contribution in [0.1, 0.15) is 18.4 Å². The van der Waals surface area contributed by atoms with Crippen molar-refractivity contribution in [3.63, 3.8) is 0 Å². The van der Waals surface area contributed by atoms with Gasteiger partial charge in [0, 0.05) is 39.0 Å². The van der Waals surface area contributed by atoms with Crippen molar-refractivity contribution in [3.8, 4) is 11.5 Å². The molecule has 6 rings (SSSR count). The van der Waals surface area contributed by atoms with Crippen LogP contribution in [0.25, 0.3) is 22.1 Å². The predicted octanol–water partition coefficient (Wildman–Crippen LogP) is 4.77.